The molecule has 1 amide bonds. The average Bonchev–Trinajstić information content (AvgIpc) is 3.58. The van der Waals surface area contributed by atoms with Crippen molar-refractivity contribution in [3.05, 3.63) is 72.4 Å². The van der Waals surface area contributed by atoms with E-state index < -0.39 is 10.8 Å². The van der Waals surface area contributed by atoms with E-state index in [1.54, 1.807) is 22.7 Å². The summed E-state index contributed by atoms with van der Waals surface area (Å²) in [4.78, 5) is 26.8. The molecule has 3 aromatic heterocycles. The van der Waals surface area contributed by atoms with E-state index in [1.165, 1.54) is 15.9 Å². The van der Waals surface area contributed by atoms with Gasteiger partial charge >= 0.3 is 11.6 Å². The average molecular weight is 468 g/mol. The summed E-state index contributed by atoms with van der Waals surface area (Å²) in [6.07, 6.45) is 6.29. The third kappa shape index (κ3) is 3.59. The van der Waals surface area contributed by atoms with Crippen LogP contribution in [-0.2, 0) is 6.54 Å². The maximum atomic E-state index is 13.6. The Morgan fingerprint density at radius 1 is 1.31 bits per heavy atom. The fourth-order valence-corrected chi connectivity index (χ4v) is 5.98. The highest BCUT2D eigenvalue weighted by atomic mass is 32.1. The van der Waals surface area contributed by atoms with E-state index in [0.717, 1.165) is 40.3 Å². The fraction of sp³-hybridized carbons (Fsp3) is 0.318. The van der Waals surface area contributed by atoms with Gasteiger partial charge in [0.2, 0.25) is 5.69 Å². The Balaban J connectivity index is 1.59. The molecule has 0 radical (unpaired) electrons. The first-order valence-electron chi connectivity index (χ1n) is 10.5. The van der Waals surface area contributed by atoms with Crippen LogP contribution in [0.15, 0.2) is 51.9 Å². The van der Waals surface area contributed by atoms with Gasteiger partial charge in [-0.3, -0.25) is 19.6 Å². The summed E-state index contributed by atoms with van der Waals surface area (Å²) in [6, 6.07) is 7.76. The monoisotopic (exact) mass is 467 g/mol. The molecule has 0 saturated heterocycles. The Morgan fingerprint density at radius 2 is 2.12 bits per heavy atom. The Bertz CT molecular complexity index is 1210. The molecule has 1 aliphatic carbocycles. The van der Waals surface area contributed by atoms with Crippen LogP contribution in [0.2, 0.25) is 0 Å². The molecule has 0 N–H and O–H groups in total. The minimum absolute atomic E-state index is 0.0601. The molecular formula is C22H21N5O3S2. The first kappa shape index (κ1) is 20.8. The van der Waals surface area contributed by atoms with Crippen molar-refractivity contribution in [1.82, 2.24) is 14.8 Å². The number of amides is 1. The number of fused-ring (bicyclic) bond motifs is 1. The van der Waals surface area contributed by atoms with Crippen LogP contribution >= 0.6 is 22.7 Å². The van der Waals surface area contributed by atoms with E-state index in [1.807, 2.05) is 35.9 Å². The summed E-state index contributed by atoms with van der Waals surface area (Å²) in [6.45, 7) is 2.26. The first-order valence-corrected chi connectivity index (χ1v) is 12.2. The number of allylic oxidation sites excluding steroid dienone is 1. The summed E-state index contributed by atoms with van der Waals surface area (Å²) in [7, 11) is 0. The van der Waals surface area contributed by atoms with E-state index in [-0.39, 0.29) is 23.3 Å². The molecule has 1 saturated carbocycles. The van der Waals surface area contributed by atoms with Crippen LogP contribution in [0.4, 0.5) is 5.69 Å². The van der Waals surface area contributed by atoms with Gasteiger partial charge in [-0.25, -0.2) is 5.01 Å². The molecule has 164 valence electrons. The summed E-state index contributed by atoms with van der Waals surface area (Å²) in [5, 5.41) is 26.1. The minimum Gasteiger partial charge on any atom is -0.265 e. The van der Waals surface area contributed by atoms with Gasteiger partial charge in [-0.2, -0.15) is 10.2 Å². The number of hydrogen-bond acceptors (Lipinski definition) is 7. The van der Waals surface area contributed by atoms with Crippen molar-refractivity contribution in [2.24, 2.45) is 11.0 Å². The zero-order chi connectivity index (χ0) is 22.2. The standard InChI is InChI=1S/C22H21N5O3S2/c1-2-25-13-17(27(29)30)20(23-25)22(28)26-21(18-9-5-11-32-18)16-8-3-6-14(19(16)24-26)12-15-7-4-10-31-15/h4-5,7,9-13,16,21H,2-3,6,8H2,1H3/b14-12+/t16-,21+/m0/s1. The van der Waals surface area contributed by atoms with Crippen molar-refractivity contribution < 1.29 is 9.72 Å². The van der Waals surface area contributed by atoms with Gasteiger partial charge in [0.05, 0.1) is 16.7 Å². The van der Waals surface area contributed by atoms with Crippen molar-refractivity contribution in [2.75, 3.05) is 0 Å². The molecule has 1 aliphatic heterocycles. The normalized spacial score (nSPS) is 21.6. The van der Waals surface area contributed by atoms with Crippen LogP contribution in [0.25, 0.3) is 6.08 Å². The van der Waals surface area contributed by atoms with Gasteiger partial charge in [0.15, 0.2) is 0 Å². The lowest BCUT2D eigenvalue weighted by Gasteiger charge is -2.28. The molecule has 4 heterocycles. The van der Waals surface area contributed by atoms with E-state index in [4.69, 9.17) is 5.10 Å². The van der Waals surface area contributed by atoms with Gasteiger partial charge in [0.25, 0.3) is 0 Å². The smallest absolute Gasteiger partial charge is 0.265 e. The lowest BCUT2D eigenvalue weighted by atomic mass is 9.79. The van der Waals surface area contributed by atoms with Crippen molar-refractivity contribution >= 4 is 46.1 Å². The maximum absolute atomic E-state index is 13.6. The number of carbonyl (C=O) groups is 1. The predicted octanol–water partition coefficient (Wildman–Crippen LogP) is 5.37. The highest BCUT2D eigenvalue weighted by Crippen LogP contribution is 2.46. The third-order valence-corrected chi connectivity index (χ3v) is 7.63. The number of rotatable bonds is 5. The van der Waals surface area contributed by atoms with Gasteiger partial charge in [0.1, 0.15) is 6.20 Å². The van der Waals surface area contributed by atoms with Crippen molar-refractivity contribution in [3.8, 4) is 0 Å². The number of carbonyl (C=O) groups excluding carboxylic acids is 1. The van der Waals surface area contributed by atoms with E-state index in [9.17, 15) is 14.9 Å². The Kier molecular flexibility index (Phi) is 5.48. The summed E-state index contributed by atoms with van der Waals surface area (Å²) in [5.41, 5.74) is 1.60. The molecule has 2 aliphatic rings. The van der Waals surface area contributed by atoms with Gasteiger partial charge < -0.3 is 0 Å². The second-order valence-corrected chi connectivity index (χ2v) is 9.71. The molecule has 32 heavy (non-hydrogen) atoms. The number of hydrazone groups is 1. The van der Waals surface area contributed by atoms with Crippen molar-refractivity contribution in [2.45, 2.75) is 38.8 Å². The minimum atomic E-state index is -0.551. The molecule has 10 heteroatoms. The molecule has 3 aromatic rings. The van der Waals surface area contributed by atoms with E-state index >= 15 is 0 Å². The van der Waals surface area contributed by atoms with Crippen LogP contribution in [0.3, 0.4) is 0 Å². The van der Waals surface area contributed by atoms with Crippen LogP contribution in [0.5, 0.6) is 0 Å². The highest BCUT2D eigenvalue weighted by Gasteiger charge is 2.46. The number of nitro groups is 1. The van der Waals surface area contributed by atoms with Crippen molar-refractivity contribution in [3.63, 3.8) is 0 Å². The quantitative estimate of drug-likeness (QED) is 0.372. The van der Waals surface area contributed by atoms with E-state index in [2.05, 4.69) is 17.2 Å². The predicted molar refractivity (Wildman–Crippen MR) is 125 cm³/mol. The highest BCUT2D eigenvalue weighted by molar-refractivity contribution is 7.11. The second kappa shape index (κ2) is 8.44. The maximum Gasteiger partial charge on any atom is 0.320 e. The van der Waals surface area contributed by atoms with Crippen LogP contribution in [0, 0.1) is 16.0 Å². The third-order valence-electron chi connectivity index (χ3n) is 5.87. The van der Waals surface area contributed by atoms with Crippen LogP contribution in [0.1, 0.15) is 52.5 Å². The second-order valence-electron chi connectivity index (χ2n) is 7.75. The number of aromatic nitrogens is 2. The number of hydrogen-bond donors (Lipinski definition) is 0. The molecule has 1 fully saturated rings. The lowest BCUT2D eigenvalue weighted by molar-refractivity contribution is -0.385. The van der Waals surface area contributed by atoms with Gasteiger partial charge in [0, 0.05) is 22.2 Å². The Morgan fingerprint density at radius 3 is 2.81 bits per heavy atom. The zero-order valence-corrected chi connectivity index (χ0v) is 19.0. The number of aryl methyl sites for hydroxylation is 1. The Hall–Kier alpha value is -3.11. The van der Waals surface area contributed by atoms with E-state index in [0.29, 0.717) is 6.54 Å². The molecule has 5 rings (SSSR count). The molecule has 2 atom stereocenters. The summed E-state index contributed by atoms with van der Waals surface area (Å²) in [5.74, 6) is -0.468. The molecular weight excluding hydrogens is 446 g/mol. The molecule has 0 bridgehead atoms. The summed E-state index contributed by atoms with van der Waals surface area (Å²) < 4.78 is 1.42. The molecule has 8 nitrogen and oxygen atoms in total. The Labute approximate surface area is 192 Å². The summed E-state index contributed by atoms with van der Waals surface area (Å²) >= 11 is 3.24. The fourth-order valence-electron chi connectivity index (χ4n) is 4.42. The van der Waals surface area contributed by atoms with Gasteiger partial charge in [-0.1, -0.05) is 12.1 Å². The molecule has 0 unspecified atom stereocenters. The number of thiophene rings is 2. The van der Waals surface area contributed by atoms with Gasteiger partial charge in [-0.15, -0.1) is 22.7 Å². The van der Waals surface area contributed by atoms with Crippen LogP contribution < -0.4 is 0 Å². The SMILES string of the molecule is CCn1cc([N+](=O)[O-])c(C(=O)N2N=C3/C(=C/c4cccs4)CCC[C@@H]3[C@@H]2c2cccs2)n1. The topological polar surface area (TPSA) is 93.6 Å². The van der Waals surface area contributed by atoms with Crippen molar-refractivity contribution in [1.29, 1.82) is 0 Å². The van der Waals surface area contributed by atoms with Gasteiger partial charge in [-0.05, 0) is 60.7 Å². The lowest BCUT2D eigenvalue weighted by Crippen LogP contribution is -2.32. The van der Waals surface area contributed by atoms with Crippen LogP contribution in [-0.4, -0.2) is 31.3 Å². The largest absolute Gasteiger partial charge is 0.320 e. The molecule has 0 spiro atoms. The number of nitrogens with zero attached hydrogens (tertiary/aromatic N) is 5. The zero-order valence-electron chi connectivity index (χ0n) is 17.4. The first-order chi connectivity index (χ1) is 15.6. The molecule has 0 aromatic carbocycles.